The lowest BCUT2D eigenvalue weighted by molar-refractivity contribution is -0.384. The van der Waals surface area contributed by atoms with Crippen LogP contribution in [0.15, 0.2) is 85.1 Å². The monoisotopic (exact) mass is 446 g/mol. The van der Waals surface area contributed by atoms with E-state index in [0.717, 1.165) is 16.0 Å². The van der Waals surface area contributed by atoms with Crippen LogP contribution < -0.4 is 0 Å². The fourth-order valence-corrected chi connectivity index (χ4v) is 3.04. The van der Waals surface area contributed by atoms with E-state index in [0.29, 0.717) is 11.1 Å². The molecule has 0 saturated carbocycles. The molecular formula is C25H22N2O6. The molecule has 3 rings (SSSR count). The molecule has 0 fully saturated rings. The summed E-state index contributed by atoms with van der Waals surface area (Å²) in [5, 5.41) is 10.7. The number of nitro groups is 1. The first-order chi connectivity index (χ1) is 15.9. The molecule has 8 heteroatoms. The van der Waals surface area contributed by atoms with E-state index in [1.165, 1.54) is 44.6 Å². The van der Waals surface area contributed by atoms with Crippen LogP contribution in [-0.2, 0) is 20.9 Å². The fraction of sp³-hybridized carbons (Fsp3) is 0.120. The van der Waals surface area contributed by atoms with Gasteiger partial charge in [0.25, 0.3) is 5.69 Å². The van der Waals surface area contributed by atoms with Gasteiger partial charge in [0.2, 0.25) is 0 Å². The number of nitro benzene ring substituents is 1. The molecule has 0 aliphatic heterocycles. The van der Waals surface area contributed by atoms with Gasteiger partial charge in [-0.25, -0.2) is 9.59 Å². The van der Waals surface area contributed by atoms with Gasteiger partial charge in [-0.15, -0.1) is 0 Å². The van der Waals surface area contributed by atoms with E-state index in [2.05, 4.69) is 0 Å². The SMILES string of the molecule is COC(=O)C(=CN(C)C(=O)OCc1ccc([N+](=O)[O-])cc1)c1ccc(-c2ccccc2)cc1. The molecule has 0 aliphatic carbocycles. The first-order valence-electron chi connectivity index (χ1n) is 9.98. The second-order valence-corrected chi connectivity index (χ2v) is 7.07. The summed E-state index contributed by atoms with van der Waals surface area (Å²) in [6.45, 7) is -0.0751. The Hall–Kier alpha value is -4.46. The number of hydrogen-bond donors (Lipinski definition) is 0. The predicted octanol–water partition coefficient (Wildman–Crippen LogP) is 5.04. The summed E-state index contributed by atoms with van der Waals surface area (Å²) >= 11 is 0. The topological polar surface area (TPSA) is 99.0 Å². The first-order valence-corrected chi connectivity index (χ1v) is 9.98. The zero-order valence-corrected chi connectivity index (χ0v) is 18.1. The maximum absolute atomic E-state index is 12.4. The van der Waals surface area contributed by atoms with Gasteiger partial charge in [-0.05, 0) is 34.4 Å². The highest BCUT2D eigenvalue weighted by Gasteiger charge is 2.17. The predicted molar refractivity (Wildman–Crippen MR) is 123 cm³/mol. The molecule has 0 N–H and O–H groups in total. The van der Waals surface area contributed by atoms with Crippen LogP contribution in [0.1, 0.15) is 11.1 Å². The fourth-order valence-electron chi connectivity index (χ4n) is 3.04. The molecule has 168 valence electrons. The zero-order chi connectivity index (χ0) is 23.8. The lowest BCUT2D eigenvalue weighted by atomic mass is 10.0. The molecule has 3 aromatic carbocycles. The van der Waals surface area contributed by atoms with Crippen molar-refractivity contribution in [1.29, 1.82) is 0 Å². The van der Waals surface area contributed by atoms with Crippen molar-refractivity contribution >= 4 is 23.3 Å². The summed E-state index contributed by atoms with van der Waals surface area (Å²) in [6.07, 6.45) is 0.650. The van der Waals surface area contributed by atoms with E-state index in [9.17, 15) is 19.7 Å². The van der Waals surface area contributed by atoms with Gasteiger partial charge in [-0.3, -0.25) is 15.0 Å². The van der Waals surface area contributed by atoms with Crippen LogP contribution in [-0.4, -0.2) is 36.0 Å². The van der Waals surface area contributed by atoms with Crippen molar-refractivity contribution in [1.82, 2.24) is 4.90 Å². The summed E-state index contributed by atoms with van der Waals surface area (Å²) in [5.74, 6) is -0.600. The Morgan fingerprint density at radius 3 is 2.12 bits per heavy atom. The smallest absolute Gasteiger partial charge is 0.413 e. The van der Waals surface area contributed by atoms with E-state index in [1.54, 1.807) is 12.1 Å². The van der Waals surface area contributed by atoms with Crippen LogP contribution in [0.25, 0.3) is 16.7 Å². The highest BCUT2D eigenvalue weighted by Crippen LogP contribution is 2.23. The number of carbonyl (C=O) groups is 2. The molecule has 33 heavy (non-hydrogen) atoms. The molecule has 0 heterocycles. The van der Waals surface area contributed by atoms with Crippen LogP contribution in [0.3, 0.4) is 0 Å². The molecule has 0 radical (unpaired) electrons. The number of nitrogens with zero attached hydrogens (tertiary/aromatic N) is 2. The normalized spacial score (nSPS) is 10.9. The number of carbonyl (C=O) groups excluding carboxylic acids is 2. The standard InChI is InChI=1S/C25H22N2O6/c1-26(25(29)33-17-18-8-14-22(15-9-18)27(30)31)16-23(24(28)32-2)21-12-10-20(11-13-21)19-6-4-3-5-7-19/h3-16H,17H2,1-2H3. The molecule has 1 amide bonds. The third kappa shape index (κ3) is 6.04. The maximum Gasteiger partial charge on any atom is 0.413 e. The molecule has 8 nitrogen and oxygen atoms in total. The second-order valence-electron chi connectivity index (χ2n) is 7.07. The van der Waals surface area contributed by atoms with Crippen molar-refractivity contribution in [2.24, 2.45) is 0 Å². The van der Waals surface area contributed by atoms with Crippen LogP contribution in [0.5, 0.6) is 0 Å². The van der Waals surface area contributed by atoms with Crippen molar-refractivity contribution < 1.29 is 24.0 Å². The maximum atomic E-state index is 12.4. The van der Waals surface area contributed by atoms with Gasteiger partial charge in [0, 0.05) is 25.4 Å². The van der Waals surface area contributed by atoms with Crippen molar-refractivity contribution in [3.05, 3.63) is 106 Å². The van der Waals surface area contributed by atoms with Crippen molar-refractivity contribution in [3.63, 3.8) is 0 Å². The summed E-state index contributed by atoms with van der Waals surface area (Å²) in [4.78, 5) is 36.1. The number of hydrogen-bond acceptors (Lipinski definition) is 6. The number of benzene rings is 3. The third-order valence-electron chi connectivity index (χ3n) is 4.83. The van der Waals surface area contributed by atoms with Gasteiger partial charge in [0.05, 0.1) is 17.6 Å². The van der Waals surface area contributed by atoms with Crippen molar-refractivity contribution in [2.45, 2.75) is 6.61 Å². The highest BCUT2D eigenvalue weighted by atomic mass is 16.6. The Bertz CT molecular complexity index is 1160. The minimum atomic E-state index is -0.698. The van der Waals surface area contributed by atoms with E-state index in [-0.39, 0.29) is 17.9 Å². The van der Waals surface area contributed by atoms with E-state index in [4.69, 9.17) is 9.47 Å². The summed E-state index contributed by atoms with van der Waals surface area (Å²) in [6, 6.07) is 22.8. The van der Waals surface area contributed by atoms with Gasteiger partial charge in [0.15, 0.2) is 0 Å². The zero-order valence-electron chi connectivity index (χ0n) is 18.1. The Balaban J connectivity index is 1.72. The number of esters is 1. The van der Waals surface area contributed by atoms with Gasteiger partial charge >= 0.3 is 12.1 Å². The van der Waals surface area contributed by atoms with Gasteiger partial charge in [0.1, 0.15) is 6.61 Å². The highest BCUT2D eigenvalue weighted by molar-refractivity contribution is 6.16. The van der Waals surface area contributed by atoms with Crippen molar-refractivity contribution in [3.8, 4) is 11.1 Å². The molecule has 0 saturated heterocycles. The van der Waals surface area contributed by atoms with Gasteiger partial charge in [-0.1, -0.05) is 54.6 Å². The minimum absolute atomic E-state index is 0.0499. The average Bonchev–Trinajstić information content (AvgIpc) is 2.86. The largest absolute Gasteiger partial charge is 0.465 e. The molecule has 0 aliphatic rings. The molecule has 3 aromatic rings. The number of methoxy groups -OCH3 is 1. The number of amides is 1. The summed E-state index contributed by atoms with van der Waals surface area (Å²) in [5.41, 5.74) is 3.34. The number of non-ortho nitro benzene ring substituents is 1. The van der Waals surface area contributed by atoms with Crippen LogP contribution in [0.2, 0.25) is 0 Å². The Morgan fingerprint density at radius 1 is 0.939 bits per heavy atom. The Morgan fingerprint density at radius 2 is 1.55 bits per heavy atom. The first kappa shape index (κ1) is 23.2. The third-order valence-corrected chi connectivity index (χ3v) is 4.83. The summed E-state index contributed by atoms with van der Waals surface area (Å²) in [7, 11) is 2.72. The molecule has 0 spiro atoms. The number of rotatable bonds is 7. The lowest BCUT2D eigenvalue weighted by Crippen LogP contribution is -2.23. The number of ether oxygens (including phenoxy) is 2. The Kier molecular flexibility index (Phi) is 7.54. The molecule has 0 atom stereocenters. The molecule has 0 bridgehead atoms. The molecule has 0 unspecified atom stereocenters. The second kappa shape index (κ2) is 10.7. The van der Waals surface area contributed by atoms with Crippen LogP contribution in [0, 0.1) is 10.1 Å². The van der Waals surface area contributed by atoms with Crippen LogP contribution >= 0.6 is 0 Å². The van der Waals surface area contributed by atoms with E-state index >= 15 is 0 Å². The van der Waals surface area contributed by atoms with E-state index in [1.807, 2.05) is 42.5 Å². The van der Waals surface area contributed by atoms with Gasteiger partial charge < -0.3 is 9.47 Å². The van der Waals surface area contributed by atoms with E-state index < -0.39 is 17.0 Å². The lowest BCUT2D eigenvalue weighted by Gasteiger charge is -2.15. The van der Waals surface area contributed by atoms with Gasteiger partial charge in [-0.2, -0.15) is 0 Å². The van der Waals surface area contributed by atoms with Crippen molar-refractivity contribution in [2.75, 3.05) is 14.2 Å². The van der Waals surface area contributed by atoms with Crippen LogP contribution in [0.4, 0.5) is 10.5 Å². The molecule has 0 aromatic heterocycles. The quantitative estimate of drug-likeness (QED) is 0.218. The average molecular weight is 446 g/mol. The summed E-state index contributed by atoms with van der Waals surface area (Å²) < 4.78 is 10.1. The Labute approximate surface area is 190 Å². The molecular weight excluding hydrogens is 424 g/mol. The minimum Gasteiger partial charge on any atom is -0.465 e.